The average molecular weight is 345 g/mol. The fourth-order valence-electron chi connectivity index (χ4n) is 1.39. The summed E-state index contributed by atoms with van der Waals surface area (Å²) in [6.45, 7) is 0. The second kappa shape index (κ2) is 5.58. The minimum absolute atomic E-state index is 0.00449. The molecule has 0 bridgehead atoms. The number of halogens is 9. The SMILES string of the molecule is FC(F)(F)C(C(Cl)c1ccc(Cl)c(Cl)c1)C(F)(F)F. The van der Waals surface area contributed by atoms with Crippen molar-refractivity contribution in [2.45, 2.75) is 17.7 Å². The maximum absolute atomic E-state index is 12.5. The van der Waals surface area contributed by atoms with Crippen LogP contribution in [0.5, 0.6) is 0 Å². The summed E-state index contributed by atoms with van der Waals surface area (Å²) in [5.41, 5.74) is -0.407. The van der Waals surface area contributed by atoms with Gasteiger partial charge in [-0.3, -0.25) is 0 Å². The van der Waals surface area contributed by atoms with Crippen molar-refractivity contribution in [3.8, 4) is 0 Å². The Morgan fingerprint density at radius 1 is 0.842 bits per heavy atom. The van der Waals surface area contributed by atoms with E-state index in [2.05, 4.69) is 0 Å². The predicted octanol–water partition coefficient (Wildman–Crippen LogP) is 6.01. The Kier molecular flexibility index (Phi) is 4.91. The monoisotopic (exact) mass is 344 g/mol. The summed E-state index contributed by atoms with van der Waals surface area (Å²) in [7, 11) is 0. The molecule has 0 saturated heterocycles. The highest BCUT2D eigenvalue weighted by Gasteiger charge is 2.60. The first-order chi connectivity index (χ1) is 8.44. The molecule has 0 spiro atoms. The molecule has 0 amide bonds. The van der Waals surface area contributed by atoms with Crippen molar-refractivity contribution in [1.29, 1.82) is 0 Å². The zero-order valence-corrected chi connectivity index (χ0v) is 11.1. The highest BCUT2D eigenvalue weighted by Crippen LogP contribution is 2.49. The number of alkyl halides is 7. The topological polar surface area (TPSA) is 0 Å². The molecule has 0 radical (unpaired) electrons. The Hall–Kier alpha value is -0.330. The molecule has 0 aromatic heterocycles. The molecule has 0 aliphatic carbocycles. The van der Waals surface area contributed by atoms with Crippen LogP contribution in [0.3, 0.4) is 0 Å². The van der Waals surface area contributed by atoms with Crippen molar-refractivity contribution in [1.82, 2.24) is 0 Å². The molecule has 1 rings (SSSR count). The van der Waals surface area contributed by atoms with E-state index in [1.807, 2.05) is 0 Å². The first kappa shape index (κ1) is 16.7. The van der Waals surface area contributed by atoms with Gasteiger partial charge in [0.25, 0.3) is 0 Å². The molecule has 9 heteroatoms. The van der Waals surface area contributed by atoms with Crippen LogP contribution >= 0.6 is 34.8 Å². The Morgan fingerprint density at radius 2 is 1.32 bits per heavy atom. The number of rotatable bonds is 2. The van der Waals surface area contributed by atoms with E-state index < -0.39 is 29.2 Å². The van der Waals surface area contributed by atoms with Crippen LogP contribution in [0.4, 0.5) is 26.3 Å². The van der Waals surface area contributed by atoms with E-state index in [9.17, 15) is 26.3 Å². The van der Waals surface area contributed by atoms with Crippen molar-refractivity contribution in [3.05, 3.63) is 33.8 Å². The zero-order valence-electron chi connectivity index (χ0n) is 8.79. The lowest BCUT2D eigenvalue weighted by Gasteiger charge is -2.27. The van der Waals surface area contributed by atoms with Gasteiger partial charge in [-0.2, -0.15) is 26.3 Å². The quantitative estimate of drug-likeness (QED) is 0.454. The lowest BCUT2D eigenvalue weighted by atomic mass is 9.97. The summed E-state index contributed by atoms with van der Waals surface area (Å²) in [4.78, 5) is 0. The molecular weight excluding hydrogens is 340 g/mol. The third kappa shape index (κ3) is 4.07. The Balaban J connectivity index is 3.20. The maximum Gasteiger partial charge on any atom is 0.402 e. The molecule has 19 heavy (non-hydrogen) atoms. The molecule has 0 saturated carbocycles. The lowest BCUT2D eigenvalue weighted by Crippen LogP contribution is -2.39. The summed E-state index contributed by atoms with van der Waals surface area (Å²) >= 11 is 16.4. The summed E-state index contributed by atoms with van der Waals surface area (Å²) in [6.07, 6.45) is -11.0. The standard InChI is InChI=1S/C10H5Cl3F6/c11-5-2-1-4(3-6(5)12)7(13)8(9(14,15)16)10(17,18)19/h1-3,7-8H. The Labute approximate surface area is 119 Å². The van der Waals surface area contributed by atoms with Crippen LogP contribution in [0.25, 0.3) is 0 Å². The second-order valence-corrected chi connectivity index (χ2v) is 4.92. The number of hydrogen-bond acceptors (Lipinski definition) is 0. The molecule has 0 nitrogen and oxygen atoms in total. The molecule has 0 aliphatic rings. The van der Waals surface area contributed by atoms with Crippen molar-refractivity contribution in [3.63, 3.8) is 0 Å². The molecule has 1 unspecified atom stereocenters. The maximum atomic E-state index is 12.5. The first-order valence-electron chi connectivity index (χ1n) is 4.67. The van der Waals surface area contributed by atoms with Crippen LogP contribution in [-0.4, -0.2) is 12.4 Å². The summed E-state index contributed by atoms with van der Waals surface area (Å²) < 4.78 is 74.8. The smallest absolute Gasteiger partial charge is 0.170 e. The molecule has 0 fully saturated rings. The van der Waals surface area contributed by atoms with Crippen molar-refractivity contribution in [2.24, 2.45) is 5.92 Å². The van der Waals surface area contributed by atoms with Crippen molar-refractivity contribution >= 4 is 34.8 Å². The van der Waals surface area contributed by atoms with Crippen LogP contribution in [0.15, 0.2) is 18.2 Å². The van der Waals surface area contributed by atoms with E-state index in [-0.39, 0.29) is 10.0 Å². The van der Waals surface area contributed by atoms with E-state index in [0.717, 1.165) is 18.2 Å². The molecule has 0 N–H and O–H groups in total. The van der Waals surface area contributed by atoms with E-state index >= 15 is 0 Å². The van der Waals surface area contributed by atoms with Gasteiger partial charge >= 0.3 is 12.4 Å². The van der Waals surface area contributed by atoms with Gasteiger partial charge in [0.2, 0.25) is 0 Å². The van der Waals surface area contributed by atoms with E-state index in [0.29, 0.717) is 0 Å². The fraction of sp³-hybridized carbons (Fsp3) is 0.400. The van der Waals surface area contributed by atoms with Crippen molar-refractivity contribution < 1.29 is 26.3 Å². The minimum Gasteiger partial charge on any atom is -0.170 e. The number of hydrogen-bond donors (Lipinski definition) is 0. The van der Waals surface area contributed by atoms with Gasteiger partial charge in [0.05, 0.1) is 15.4 Å². The second-order valence-electron chi connectivity index (χ2n) is 3.64. The third-order valence-electron chi connectivity index (χ3n) is 2.26. The molecule has 1 atom stereocenters. The molecule has 0 aliphatic heterocycles. The predicted molar refractivity (Wildman–Crippen MR) is 60.7 cm³/mol. The fourth-order valence-corrected chi connectivity index (χ4v) is 2.12. The van der Waals surface area contributed by atoms with E-state index in [1.165, 1.54) is 0 Å². The molecular formula is C10H5Cl3F6. The molecule has 1 aromatic carbocycles. The Bertz CT molecular complexity index is 440. The van der Waals surface area contributed by atoms with Gasteiger partial charge in [0.1, 0.15) is 0 Å². The third-order valence-corrected chi connectivity index (χ3v) is 3.50. The van der Waals surface area contributed by atoms with Crippen LogP contribution in [-0.2, 0) is 0 Å². The summed E-state index contributed by atoms with van der Waals surface area (Å²) in [5.74, 6) is -3.68. The van der Waals surface area contributed by atoms with Crippen LogP contribution in [0.2, 0.25) is 10.0 Å². The van der Waals surface area contributed by atoms with Gasteiger partial charge in [0, 0.05) is 0 Å². The van der Waals surface area contributed by atoms with Crippen LogP contribution < -0.4 is 0 Å². The highest BCUT2D eigenvalue weighted by molar-refractivity contribution is 6.42. The van der Waals surface area contributed by atoms with Crippen LogP contribution in [0, 0.1) is 5.92 Å². The zero-order chi connectivity index (χ0) is 15.0. The van der Waals surface area contributed by atoms with Gasteiger partial charge in [-0.05, 0) is 17.7 Å². The van der Waals surface area contributed by atoms with E-state index in [1.54, 1.807) is 0 Å². The highest BCUT2D eigenvalue weighted by atomic mass is 35.5. The molecule has 0 heterocycles. The number of benzene rings is 1. The molecule has 108 valence electrons. The summed E-state index contributed by atoms with van der Waals surface area (Å²) in [5, 5.41) is -2.51. The van der Waals surface area contributed by atoms with Gasteiger partial charge in [-0.25, -0.2) is 0 Å². The average Bonchev–Trinajstić information content (AvgIpc) is 2.17. The minimum atomic E-state index is -5.52. The van der Waals surface area contributed by atoms with Gasteiger partial charge in [0.15, 0.2) is 5.92 Å². The lowest BCUT2D eigenvalue weighted by molar-refractivity contribution is -0.284. The van der Waals surface area contributed by atoms with Gasteiger partial charge in [-0.15, -0.1) is 11.6 Å². The van der Waals surface area contributed by atoms with Crippen LogP contribution in [0.1, 0.15) is 10.9 Å². The normalized spacial score (nSPS) is 14.8. The molecule has 1 aromatic rings. The van der Waals surface area contributed by atoms with Gasteiger partial charge < -0.3 is 0 Å². The largest absolute Gasteiger partial charge is 0.402 e. The van der Waals surface area contributed by atoms with Gasteiger partial charge in [-0.1, -0.05) is 29.3 Å². The van der Waals surface area contributed by atoms with Crippen molar-refractivity contribution in [2.75, 3.05) is 0 Å². The van der Waals surface area contributed by atoms with E-state index in [4.69, 9.17) is 34.8 Å². The Morgan fingerprint density at radius 3 is 1.68 bits per heavy atom. The first-order valence-corrected chi connectivity index (χ1v) is 5.86. The summed E-state index contributed by atoms with van der Waals surface area (Å²) in [6, 6.07) is 2.93.